The van der Waals surface area contributed by atoms with Gasteiger partial charge in [0.15, 0.2) is 5.88 Å². The van der Waals surface area contributed by atoms with E-state index >= 15 is 0 Å². The summed E-state index contributed by atoms with van der Waals surface area (Å²) in [6.45, 7) is 0.705. The fourth-order valence-electron chi connectivity index (χ4n) is 2.23. The lowest BCUT2D eigenvalue weighted by molar-refractivity contribution is -0.383. The third-order valence-corrected chi connectivity index (χ3v) is 4.09. The number of hydrogen-bond donors (Lipinski definition) is 1. The van der Waals surface area contributed by atoms with Gasteiger partial charge < -0.3 is 9.67 Å². The molecule has 0 saturated heterocycles. The van der Waals surface area contributed by atoms with E-state index in [4.69, 9.17) is 0 Å². The molecule has 0 spiro atoms. The molecule has 6 heteroatoms. The molecule has 0 saturated carbocycles. The van der Waals surface area contributed by atoms with Crippen LogP contribution in [0, 0.1) is 10.1 Å². The van der Waals surface area contributed by atoms with Crippen LogP contribution in [0.1, 0.15) is 6.42 Å². The van der Waals surface area contributed by atoms with E-state index in [-0.39, 0.29) is 11.6 Å². The zero-order valence-electron chi connectivity index (χ0n) is 8.92. The Bertz CT molecular complexity index is 621. The van der Waals surface area contributed by atoms with Gasteiger partial charge in [0.2, 0.25) is 0 Å². The van der Waals surface area contributed by atoms with Crippen LogP contribution in [0.4, 0.5) is 5.69 Å². The predicted molar refractivity (Wildman–Crippen MR) is 65.6 cm³/mol. The van der Waals surface area contributed by atoms with Crippen molar-refractivity contribution in [3.63, 3.8) is 0 Å². The normalized spacial score (nSPS) is 14.8. The second-order valence-electron chi connectivity index (χ2n) is 3.96. The van der Waals surface area contributed by atoms with Gasteiger partial charge in [-0.2, -0.15) is 0 Å². The molecule has 88 valence electrons. The van der Waals surface area contributed by atoms with E-state index in [0.29, 0.717) is 11.9 Å². The number of rotatable bonds is 1. The van der Waals surface area contributed by atoms with Crippen molar-refractivity contribution in [2.75, 3.05) is 5.75 Å². The summed E-state index contributed by atoms with van der Waals surface area (Å²) in [6, 6.07) is 4.77. The molecule has 5 nitrogen and oxygen atoms in total. The van der Waals surface area contributed by atoms with E-state index < -0.39 is 4.92 Å². The highest BCUT2D eigenvalue weighted by Gasteiger charge is 2.22. The molecule has 2 heterocycles. The maximum atomic E-state index is 10.9. The maximum Gasteiger partial charge on any atom is 0.278 e. The summed E-state index contributed by atoms with van der Waals surface area (Å²) >= 11 is 1.68. The van der Waals surface area contributed by atoms with E-state index in [0.717, 1.165) is 22.6 Å². The van der Waals surface area contributed by atoms with Crippen molar-refractivity contribution in [3.05, 3.63) is 28.3 Å². The van der Waals surface area contributed by atoms with E-state index in [1.54, 1.807) is 22.4 Å². The molecule has 0 radical (unpaired) electrons. The van der Waals surface area contributed by atoms with Crippen molar-refractivity contribution in [1.82, 2.24) is 4.57 Å². The minimum absolute atomic E-state index is 0.0558. The standard InChI is InChI=1S/C11H10N2O3S/c14-10-6-7-8(13(15)16)2-3-9-11(7)12(10)4-1-5-17-9/h2-3,6,14H,1,4-5H2. The minimum atomic E-state index is -0.404. The summed E-state index contributed by atoms with van der Waals surface area (Å²) in [5, 5.41) is 21.3. The predicted octanol–water partition coefficient (Wildman–Crippen LogP) is 2.75. The molecule has 1 aromatic carbocycles. The Morgan fingerprint density at radius 3 is 3.06 bits per heavy atom. The lowest BCUT2D eigenvalue weighted by Crippen LogP contribution is -1.96. The van der Waals surface area contributed by atoms with Crippen LogP contribution in [-0.2, 0) is 6.54 Å². The van der Waals surface area contributed by atoms with Crippen LogP contribution in [0.25, 0.3) is 10.9 Å². The summed E-state index contributed by atoms with van der Waals surface area (Å²) in [7, 11) is 0. The van der Waals surface area contributed by atoms with Crippen molar-refractivity contribution >= 4 is 28.4 Å². The third-order valence-electron chi connectivity index (χ3n) is 2.96. The maximum absolute atomic E-state index is 10.9. The van der Waals surface area contributed by atoms with Crippen molar-refractivity contribution in [2.45, 2.75) is 17.9 Å². The number of non-ortho nitro benzene ring substituents is 1. The van der Waals surface area contributed by atoms with E-state index in [1.807, 2.05) is 0 Å². The van der Waals surface area contributed by atoms with Crippen LogP contribution in [0.15, 0.2) is 23.1 Å². The van der Waals surface area contributed by atoms with Gasteiger partial charge in [-0.05, 0) is 18.2 Å². The Labute approximate surface area is 101 Å². The number of nitro benzene ring substituents is 1. The monoisotopic (exact) mass is 250 g/mol. The number of aromatic nitrogens is 1. The first kappa shape index (κ1) is 10.5. The Morgan fingerprint density at radius 1 is 1.47 bits per heavy atom. The minimum Gasteiger partial charge on any atom is -0.494 e. The SMILES string of the molecule is O=[N+]([O-])c1ccc2c3c1cc(O)n3CCCS2. The summed E-state index contributed by atoms with van der Waals surface area (Å²) < 4.78 is 1.76. The topological polar surface area (TPSA) is 68.3 Å². The molecule has 0 amide bonds. The van der Waals surface area contributed by atoms with Crippen molar-refractivity contribution in [3.8, 4) is 5.88 Å². The number of nitro groups is 1. The first-order valence-electron chi connectivity index (χ1n) is 5.31. The lowest BCUT2D eigenvalue weighted by Gasteiger charge is -2.04. The average Bonchev–Trinajstić information content (AvgIpc) is 2.48. The average molecular weight is 250 g/mol. The number of thioether (sulfide) groups is 1. The van der Waals surface area contributed by atoms with Gasteiger partial charge in [0.25, 0.3) is 5.69 Å². The lowest BCUT2D eigenvalue weighted by atomic mass is 10.2. The number of hydrogen-bond acceptors (Lipinski definition) is 4. The Kier molecular flexibility index (Phi) is 2.25. The summed E-state index contributed by atoms with van der Waals surface area (Å²) in [4.78, 5) is 11.5. The van der Waals surface area contributed by atoms with Crippen LogP contribution < -0.4 is 0 Å². The molecule has 1 aliphatic heterocycles. The molecule has 0 aliphatic carbocycles. The van der Waals surface area contributed by atoms with E-state index in [1.165, 1.54) is 12.1 Å². The van der Waals surface area contributed by atoms with Gasteiger partial charge in [0, 0.05) is 23.6 Å². The second kappa shape index (κ2) is 3.66. The molecule has 17 heavy (non-hydrogen) atoms. The van der Waals surface area contributed by atoms with Crippen LogP contribution in [0.5, 0.6) is 5.88 Å². The van der Waals surface area contributed by atoms with Crippen molar-refractivity contribution < 1.29 is 10.0 Å². The van der Waals surface area contributed by atoms with Gasteiger partial charge in [-0.15, -0.1) is 11.8 Å². The van der Waals surface area contributed by atoms with Crippen LogP contribution in [0.2, 0.25) is 0 Å². The first-order chi connectivity index (χ1) is 8.18. The van der Waals surface area contributed by atoms with Gasteiger partial charge in [-0.1, -0.05) is 0 Å². The molecule has 0 bridgehead atoms. The quantitative estimate of drug-likeness (QED) is 0.624. The van der Waals surface area contributed by atoms with Crippen molar-refractivity contribution in [1.29, 1.82) is 0 Å². The molecule has 1 N–H and O–H groups in total. The van der Waals surface area contributed by atoms with E-state index in [9.17, 15) is 15.2 Å². The molecule has 2 aromatic rings. The van der Waals surface area contributed by atoms with E-state index in [2.05, 4.69) is 0 Å². The smallest absolute Gasteiger partial charge is 0.278 e. The number of nitrogens with zero attached hydrogens (tertiary/aromatic N) is 2. The van der Waals surface area contributed by atoms with Gasteiger partial charge in [0.05, 0.1) is 15.8 Å². The van der Waals surface area contributed by atoms with Gasteiger partial charge in [0.1, 0.15) is 0 Å². The highest BCUT2D eigenvalue weighted by atomic mass is 32.2. The summed E-state index contributed by atoms with van der Waals surface area (Å²) in [6.07, 6.45) is 0.949. The molecule has 3 rings (SSSR count). The van der Waals surface area contributed by atoms with Crippen molar-refractivity contribution in [2.24, 2.45) is 0 Å². The van der Waals surface area contributed by atoms with Crippen LogP contribution >= 0.6 is 11.8 Å². The van der Waals surface area contributed by atoms with Gasteiger partial charge in [-0.3, -0.25) is 10.1 Å². The Balaban J connectivity index is 2.41. The van der Waals surface area contributed by atoms with Gasteiger partial charge >= 0.3 is 0 Å². The largest absolute Gasteiger partial charge is 0.494 e. The molecule has 0 fully saturated rings. The van der Waals surface area contributed by atoms with Crippen LogP contribution in [-0.4, -0.2) is 20.3 Å². The Hall–Kier alpha value is -1.69. The highest BCUT2D eigenvalue weighted by Crippen LogP contribution is 2.40. The second-order valence-corrected chi connectivity index (χ2v) is 5.10. The highest BCUT2D eigenvalue weighted by molar-refractivity contribution is 7.99. The number of benzene rings is 1. The fourth-order valence-corrected chi connectivity index (χ4v) is 3.24. The molecule has 1 aromatic heterocycles. The third kappa shape index (κ3) is 1.48. The Morgan fingerprint density at radius 2 is 2.29 bits per heavy atom. The fraction of sp³-hybridized carbons (Fsp3) is 0.273. The molecule has 0 atom stereocenters. The number of aryl methyl sites for hydroxylation is 1. The molecule has 1 aliphatic rings. The summed E-state index contributed by atoms with van der Waals surface area (Å²) in [5.74, 6) is 1.08. The zero-order chi connectivity index (χ0) is 12.0. The number of aromatic hydroxyl groups is 1. The summed E-state index contributed by atoms with van der Waals surface area (Å²) in [5.41, 5.74) is 0.847. The first-order valence-corrected chi connectivity index (χ1v) is 6.29. The molecular weight excluding hydrogens is 240 g/mol. The molecular formula is C11H10N2O3S. The van der Waals surface area contributed by atoms with Crippen LogP contribution in [0.3, 0.4) is 0 Å². The zero-order valence-corrected chi connectivity index (χ0v) is 9.74. The van der Waals surface area contributed by atoms with Gasteiger partial charge in [-0.25, -0.2) is 0 Å². The molecule has 0 unspecified atom stereocenters.